The van der Waals surface area contributed by atoms with Gasteiger partial charge in [0.15, 0.2) is 0 Å². The first-order valence-electron chi connectivity index (χ1n) is 6.99. The summed E-state index contributed by atoms with van der Waals surface area (Å²) in [4.78, 5) is 26.4. The molecule has 114 valence electrons. The Bertz CT molecular complexity index is 565. The summed E-state index contributed by atoms with van der Waals surface area (Å²) < 4.78 is 0.908. The van der Waals surface area contributed by atoms with Crippen molar-refractivity contribution >= 4 is 51.7 Å². The number of nitrogens with one attached hydrogen (secondary N) is 1. The van der Waals surface area contributed by atoms with Crippen LogP contribution in [0.5, 0.6) is 0 Å². The molecule has 2 unspecified atom stereocenters. The number of hydrogen-bond acceptors (Lipinski definition) is 2. The number of nitrogens with zero attached hydrogens (tertiary/aromatic N) is 1. The highest BCUT2D eigenvalue weighted by atomic mass is 127. The van der Waals surface area contributed by atoms with Gasteiger partial charge < -0.3 is 10.2 Å². The molecule has 0 aromatic heterocycles. The van der Waals surface area contributed by atoms with Crippen LogP contribution in [0.3, 0.4) is 0 Å². The van der Waals surface area contributed by atoms with E-state index in [1.807, 2.05) is 26.0 Å². The van der Waals surface area contributed by atoms with Gasteiger partial charge in [-0.05, 0) is 46.7 Å². The minimum atomic E-state index is -0.462. The van der Waals surface area contributed by atoms with Crippen LogP contribution in [-0.4, -0.2) is 24.4 Å². The molecule has 1 aliphatic rings. The van der Waals surface area contributed by atoms with Crippen molar-refractivity contribution in [3.63, 3.8) is 0 Å². The van der Waals surface area contributed by atoms with Crippen LogP contribution in [0.4, 0.5) is 5.69 Å². The SMILES string of the molecule is CCC(C)C1NC(=O)CCN(c2ccc(Cl)cc2I)C1=O. The van der Waals surface area contributed by atoms with E-state index in [1.165, 1.54) is 0 Å². The van der Waals surface area contributed by atoms with Gasteiger partial charge in [-0.15, -0.1) is 0 Å². The van der Waals surface area contributed by atoms with Crippen LogP contribution in [0.1, 0.15) is 26.7 Å². The van der Waals surface area contributed by atoms with Gasteiger partial charge in [0.2, 0.25) is 11.8 Å². The number of amides is 2. The molecule has 2 rings (SSSR count). The summed E-state index contributed by atoms with van der Waals surface area (Å²) in [6.07, 6.45) is 1.15. The number of rotatable bonds is 3. The number of anilines is 1. The highest BCUT2D eigenvalue weighted by molar-refractivity contribution is 14.1. The van der Waals surface area contributed by atoms with E-state index in [4.69, 9.17) is 11.6 Å². The summed E-state index contributed by atoms with van der Waals surface area (Å²) in [5.74, 6) is -0.0115. The second-order valence-electron chi connectivity index (χ2n) is 5.27. The van der Waals surface area contributed by atoms with Gasteiger partial charge in [0, 0.05) is 21.6 Å². The molecule has 4 nitrogen and oxygen atoms in total. The third-order valence-corrected chi connectivity index (χ3v) is 4.92. The summed E-state index contributed by atoms with van der Waals surface area (Å²) in [5, 5.41) is 3.49. The molecule has 2 atom stereocenters. The van der Waals surface area contributed by atoms with Crippen molar-refractivity contribution in [3.05, 3.63) is 26.8 Å². The topological polar surface area (TPSA) is 49.4 Å². The predicted octanol–water partition coefficient (Wildman–Crippen LogP) is 3.21. The zero-order chi connectivity index (χ0) is 15.6. The quantitative estimate of drug-likeness (QED) is 0.764. The van der Waals surface area contributed by atoms with Gasteiger partial charge in [-0.2, -0.15) is 0 Å². The lowest BCUT2D eigenvalue weighted by molar-refractivity contribution is -0.126. The molecule has 0 saturated carbocycles. The van der Waals surface area contributed by atoms with Crippen molar-refractivity contribution in [2.75, 3.05) is 11.4 Å². The minimum absolute atomic E-state index is 0.0459. The van der Waals surface area contributed by atoms with Gasteiger partial charge in [0.25, 0.3) is 0 Å². The van der Waals surface area contributed by atoms with E-state index in [0.29, 0.717) is 18.0 Å². The van der Waals surface area contributed by atoms with E-state index < -0.39 is 6.04 Å². The zero-order valence-corrected chi connectivity index (χ0v) is 14.9. The van der Waals surface area contributed by atoms with Gasteiger partial charge in [-0.3, -0.25) is 9.59 Å². The predicted molar refractivity (Wildman–Crippen MR) is 92.5 cm³/mol. The average Bonchev–Trinajstić information content (AvgIpc) is 2.59. The van der Waals surface area contributed by atoms with Crippen LogP contribution in [0.25, 0.3) is 0 Å². The number of halogens is 2. The molecule has 1 fully saturated rings. The monoisotopic (exact) mass is 420 g/mol. The van der Waals surface area contributed by atoms with Crippen LogP contribution in [0.15, 0.2) is 18.2 Å². The third kappa shape index (κ3) is 3.69. The average molecular weight is 421 g/mol. The lowest BCUT2D eigenvalue weighted by atomic mass is 9.98. The molecule has 0 bridgehead atoms. The maximum absolute atomic E-state index is 12.8. The molecular formula is C15H18ClIN2O2. The number of carbonyl (C=O) groups excluding carboxylic acids is 2. The van der Waals surface area contributed by atoms with Crippen LogP contribution < -0.4 is 10.2 Å². The Morgan fingerprint density at radius 3 is 2.81 bits per heavy atom. The maximum atomic E-state index is 12.8. The van der Waals surface area contributed by atoms with E-state index in [0.717, 1.165) is 15.7 Å². The number of hydrogen-bond donors (Lipinski definition) is 1. The van der Waals surface area contributed by atoms with Crippen molar-refractivity contribution in [2.24, 2.45) is 5.92 Å². The van der Waals surface area contributed by atoms with Gasteiger partial charge in [-0.25, -0.2) is 0 Å². The van der Waals surface area contributed by atoms with Crippen LogP contribution in [0.2, 0.25) is 5.02 Å². The molecule has 1 aromatic carbocycles. The molecule has 0 spiro atoms. The van der Waals surface area contributed by atoms with Crippen molar-refractivity contribution in [1.82, 2.24) is 5.32 Å². The Kier molecular flexibility index (Phi) is 5.48. The van der Waals surface area contributed by atoms with Gasteiger partial charge in [-0.1, -0.05) is 31.9 Å². The van der Waals surface area contributed by atoms with Crippen molar-refractivity contribution in [2.45, 2.75) is 32.7 Å². The highest BCUT2D eigenvalue weighted by Gasteiger charge is 2.34. The summed E-state index contributed by atoms with van der Waals surface area (Å²) in [6, 6.07) is 4.97. The molecule has 21 heavy (non-hydrogen) atoms. The summed E-state index contributed by atoms with van der Waals surface area (Å²) in [7, 11) is 0. The van der Waals surface area contributed by atoms with E-state index in [9.17, 15) is 9.59 Å². The fourth-order valence-electron chi connectivity index (χ4n) is 2.36. The second kappa shape index (κ2) is 6.96. The summed E-state index contributed by atoms with van der Waals surface area (Å²) in [5.41, 5.74) is 0.815. The molecule has 1 aliphatic heterocycles. The number of benzene rings is 1. The first-order valence-corrected chi connectivity index (χ1v) is 8.45. The van der Waals surface area contributed by atoms with Gasteiger partial charge in [0.05, 0.1) is 5.69 Å². The molecule has 1 saturated heterocycles. The van der Waals surface area contributed by atoms with Gasteiger partial charge in [0.1, 0.15) is 6.04 Å². The van der Waals surface area contributed by atoms with Crippen molar-refractivity contribution in [1.29, 1.82) is 0 Å². The standard InChI is InChI=1S/C15H18ClIN2O2/c1-3-9(2)14-15(21)19(7-6-13(20)18-14)12-5-4-10(16)8-11(12)17/h4-5,8-9,14H,3,6-7H2,1-2H3,(H,18,20). The lowest BCUT2D eigenvalue weighted by Crippen LogP contribution is -2.48. The molecule has 6 heteroatoms. The van der Waals surface area contributed by atoms with Crippen molar-refractivity contribution in [3.8, 4) is 0 Å². The van der Waals surface area contributed by atoms with Crippen molar-refractivity contribution < 1.29 is 9.59 Å². The molecule has 1 heterocycles. The highest BCUT2D eigenvalue weighted by Crippen LogP contribution is 2.28. The first kappa shape index (κ1) is 16.5. The number of carbonyl (C=O) groups is 2. The first-order chi connectivity index (χ1) is 9.93. The van der Waals surface area contributed by atoms with E-state index in [2.05, 4.69) is 27.9 Å². The molecule has 0 aliphatic carbocycles. The Labute approximate surface area is 143 Å². The van der Waals surface area contributed by atoms with Gasteiger partial charge >= 0.3 is 0 Å². The zero-order valence-electron chi connectivity index (χ0n) is 12.0. The summed E-state index contributed by atoms with van der Waals surface area (Å²) in [6.45, 7) is 4.40. The fourth-order valence-corrected chi connectivity index (χ4v) is 3.52. The van der Waals surface area contributed by atoms with E-state index >= 15 is 0 Å². The molecular weight excluding hydrogens is 403 g/mol. The molecule has 1 N–H and O–H groups in total. The normalized spacial score (nSPS) is 21.0. The maximum Gasteiger partial charge on any atom is 0.249 e. The Morgan fingerprint density at radius 1 is 1.48 bits per heavy atom. The van der Waals surface area contributed by atoms with Crippen LogP contribution >= 0.6 is 34.2 Å². The van der Waals surface area contributed by atoms with E-state index in [1.54, 1.807) is 11.0 Å². The van der Waals surface area contributed by atoms with E-state index in [-0.39, 0.29) is 17.7 Å². The Balaban J connectivity index is 2.37. The third-order valence-electron chi connectivity index (χ3n) is 3.82. The largest absolute Gasteiger partial charge is 0.344 e. The molecule has 1 aromatic rings. The summed E-state index contributed by atoms with van der Waals surface area (Å²) >= 11 is 8.14. The molecule has 2 amide bonds. The Morgan fingerprint density at radius 2 is 2.19 bits per heavy atom. The minimum Gasteiger partial charge on any atom is -0.344 e. The van der Waals surface area contributed by atoms with Crippen LogP contribution in [-0.2, 0) is 9.59 Å². The smallest absolute Gasteiger partial charge is 0.249 e. The molecule has 0 radical (unpaired) electrons. The second-order valence-corrected chi connectivity index (χ2v) is 6.86. The Hall–Kier alpha value is -0.820. The lowest BCUT2D eigenvalue weighted by Gasteiger charge is -2.28. The van der Waals surface area contributed by atoms with Crippen LogP contribution in [0, 0.1) is 9.49 Å². The fraction of sp³-hybridized carbons (Fsp3) is 0.467.